The van der Waals surface area contributed by atoms with Gasteiger partial charge in [-0.3, -0.25) is 4.79 Å². The van der Waals surface area contributed by atoms with Crippen molar-refractivity contribution >= 4 is 12.0 Å². The van der Waals surface area contributed by atoms with Gasteiger partial charge in [-0.15, -0.1) is 0 Å². The van der Waals surface area contributed by atoms with E-state index in [0.717, 1.165) is 22.4 Å². The summed E-state index contributed by atoms with van der Waals surface area (Å²) >= 11 is 0. The standard InChI is InChI=1S/C29H28N2O6/c1-34-22-10-7-19(8-11-22)27-26(23(15-30-27)20-9-12-24-25(14-20)37-17-36-24)28(32)31-21(16-35-29(31)33)13-18-5-3-2-4-6-18/h2-12,14,21,23,26-27,30H,13,15-17H2,1H3/t21-,23+,26+,27-/m1/s1. The molecule has 0 bridgehead atoms. The first kappa shape index (κ1) is 23.4. The van der Waals surface area contributed by atoms with Crippen LogP contribution in [0, 0.1) is 5.92 Å². The van der Waals surface area contributed by atoms with Crippen molar-refractivity contribution < 1.29 is 28.5 Å². The molecule has 0 spiro atoms. The minimum absolute atomic E-state index is 0.180. The lowest BCUT2D eigenvalue weighted by atomic mass is 9.81. The van der Waals surface area contributed by atoms with Crippen LogP contribution in [0.1, 0.15) is 28.7 Å². The molecule has 3 aliphatic heterocycles. The summed E-state index contributed by atoms with van der Waals surface area (Å²) in [6, 6.07) is 22.7. The lowest BCUT2D eigenvalue weighted by molar-refractivity contribution is -0.134. The Labute approximate surface area is 215 Å². The molecule has 0 aromatic heterocycles. The van der Waals surface area contributed by atoms with Gasteiger partial charge in [0.15, 0.2) is 11.5 Å². The summed E-state index contributed by atoms with van der Waals surface area (Å²) in [7, 11) is 1.62. The number of hydrogen-bond acceptors (Lipinski definition) is 7. The lowest BCUT2D eigenvalue weighted by Gasteiger charge is -2.29. The highest BCUT2D eigenvalue weighted by Gasteiger charge is 2.49. The second-order valence-corrected chi connectivity index (χ2v) is 9.53. The molecule has 1 N–H and O–H groups in total. The average molecular weight is 501 g/mol. The van der Waals surface area contributed by atoms with Crippen molar-refractivity contribution in [1.82, 2.24) is 10.2 Å². The summed E-state index contributed by atoms with van der Waals surface area (Å²) in [6.45, 7) is 0.930. The number of rotatable bonds is 6. The maximum atomic E-state index is 14.3. The fourth-order valence-electron chi connectivity index (χ4n) is 5.59. The van der Waals surface area contributed by atoms with Crippen molar-refractivity contribution in [2.75, 3.05) is 27.1 Å². The van der Waals surface area contributed by atoms with E-state index in [9.17, 15) is 9.59 Å². The Hall–Kier alpha value is -4.04. The Kier molecular flexibility index (Phi) is 6.18. The van der Waals surface area contributed by atoms with Crippen molar-refractivity contribution in [3.63, 3.8) is 0 Å². The number of hydrogen-bond donors (Lipinski definition) is 1. The molecule has 8 heteroatoms. The van der Waals surface area contributed by atoms with Crippen LogP contribution in [0.4, 0.5) is 4.79 Å². The molecule has 0 aliphatic carbocycles. The highest BCUT2D eigenvalue weighted by molar-refractivity contribution is 5.96. The summed E-state index contributed by atoms with van der Waals surface area (Å²) in [4.78, 5) is 28.5. The van der Waals surface area contributed by atoms with Crippen LogP contribution in [-0.4, -0.2) is 50.0 Å². The van der Waals surface area contributed by atoms with Gasteiger partial charge in [0.05, 0.1) is 19.1 Å². The number of methoxy groups -OCH3 is 1. The smallest absolute Gasteiger partial charge is 0.416 e. The Morgan fingerprint density at radius 1 is 0.973 bits per heavy atom. The van der Waals surface area contributed by atoms with E-state index >= 15 is 0 Å². The molecule has 2 saturated heterocycles. The van der Waals surface area contributed by atoms with E-state index in [1.54, 1.807) is 7.11 Å². The first-order valence-electron chi connectivity index (χ1n) is 12.4. The molecule has 0 saturated carbocycles. The summed E-state index contributed by atoms with van der Waals surface area (Å²) in [5.41, 5.74) is 2.96. The van der Waals surface area contributed by atoms with Gasteiger partial charge in [0.2, 0.25) is 12.7 Å². The van der Waals surface area contributed by atoms with Gasteiger partial charge in [-0.05, 0) is 47.4 Å². The van der Waals surface area contributed by atoms with Gasteiger partial charge >= 0.3 is 6.09 Å². The predicted octanol–water partition coefficient (Wildman–Crippen LogP) is 4.06. The van der Waals surface area contributed by atoms with Gasteiger partial charge < -0.3 is 24.3 Å². The Morgan fingerprint density at radius 3 is 2.51 bits per heavy atom. The van der Waals surface area contributed by atoms with Gasteiger partial charge in [-0.1, -0.05) is 48.5 Å². The Morgan fingerprint density at radius 2 is 1.73 bits per heavy atom. The Bertz CT molecular complexity index is 1300. The SMILES string of the molecule is COc1ccc([C@H]2NC[C@@H](c3ccc4c(c3)OCO4)[C@@H]2C(=O)N2C(=O)OC[C@H]2Cc2ccccc2)cc1. The van der Waals surface area contributed by atoms with Crippen LogP contribution in [0.25, 0.3) is 0 Å². The van der Waals surface area contributed by atoms with Crippen molar-refractivity contribution in [2.24, 2.45) is 5.92 Å². The molecule has 3 aromatic rings. The zero-order valence-electron chi connectivity index (χ0n) is 20.5. The third kappa shape index (κ3) is 4.38. The van der Waals surface area contributed by atoms with E-state index in [2.05, 4.69) is 5.32 Å². The first-order valence-corrected chi connectivity index (χ1v) is 12.4. The monoisotopic (exact) mass is 500 g/mol. The number of nitrogens with one attached hydrogen (secondary N) is 1. The van der Waals surface area contributed by atoms with Gasteiger partial charge in [-0.2, -0.15) is 0 Å². The molecule has 0 unspecified atom stereocenters. The van der Waals surface area contributed by atoms with Crippen LogP contribution in [0.2, 0.25) is 0 Å². The third-order valence-electron chi connectivity index (χ3n) is 7.45. The van der Waals surface area contributed by atoms with Crippen molar-refractivity contribution in [3.8, 4) is 17.2 Å². The van der Waals surface area contributed by atoms with Crippen molar-refractivity contribution in [3.05, 3.63) is 89.5 Å². The van der Waals surface area contributed by atoms with E-state index in [4.69, 9.17) is 18.9 Å². The molecule has 3 aliphatic rings. The van der Waals surface area contributed by atoms with Crippen LogP contribution >= 0.6 is 0 Å². The minimum Gasteiger partial charge on any atom is -0.497 e. The van der Waals surface area contributed by atoms with Gasteiger partial charge in [0.25, 0.3) is 0 Å². The normalized spacial score (nSPS) is 24.2. The maximum Gasteiger partial charge on any atom is 0.416 e. The molecule has 6 rings (SSSR count). The number of nitrogens with zero attached hydrogens (tertiary/aromatic N) is 1. The van der Waals surface area contributed by atoms with Crippen LogP contribution in [0.15, 0.2) is 72.8 Å². The molecular weight excluding hydrogens is 472 g/mol. The van der Waals surface area contributed by atoms with E-state index in [0.29, 0.717) is 24.5 Å². The second-order valence-electron chi connectivity index (χ2n) is 9.53. The first-order chi connectivity index (χ1) is 18.1. The molecule has 4 atom stereocenters. The number of benzene rings is 3. The summed E-state index contributed by atoms with van der Waals surface area (Å²) in [5, 5.41) is 3.55. The number of imide groups is 1. The summed E-state index contributed by atoms with van der Waals surface area (Å²) in [6.07, 6.45) is -0.0452. The van der Waals surface area contributed by atoms with Crippen LogP contribution < -0.4 is 19.5 Å². The Balaban J connectivity index is 1.35. The fraction of sp³-hybridized carbons (Fsp3) is 0.310. The van der Waals surface area contributed by atoms with E-state index in [1.165, 1.54) is 4.90 Å². The highest BCUT2D eigenvalue weighted by Crippen LogP contribution is 2.44. The molecule has 37 heavy (non-hydrogen) atoms. The van der Waals surface area contributed by atoms with E-state index in [1.807, 2.05) is 72.8 Å². The largest absolute Gasteiger partial charge is 0.497 e. The maximum absolute atomic E-state index is 14.3. The van der Waals surface area contributed by atoms with Crippen LogP contribution in [0.3, 0.4) is 0 Å². The van der Waals surface area contributed by atoms with Gasteiger partial charge in [0.1, 0.15) is 12.4 Å². The zero-order chi connectivity index (χ0) is 25.4. The number of amides is 2. The molecular formula is C29H28N2O6. The zero-order valence-corrected chi connectivity index (χ0v) is 20.5. The number of carbonyl (C=O) groups is 2. The topological polar surface area (TPSA) is 86.3 Å². The molecule has 2 fully saturated rings. The summed E-state index contributed by atoms with van der Waals surface area (Å²) < 4.78 is 21.8. The van der Waals surface area contributed by atoms with Gasteiger partial charge in [-0.25, -0.2) is 9.69 Å². The van der Waals surface area contributed by atoms with Gasteiger partial charge in [0, 0.05) is 18.5 Å². The molecule has 8 nitrogen and oxygen atoms in total. The van der Waals surface area contributed by atoms with E-state index < -0.39 is 12.0 Å². The van der Waals surface area contributed by atoms with Crippen molar-refractivity contribution in [1.29, 1.82) is 0 Å². The lowest BCUT2D eigenvalue weighted by Crippen LogP contribution is -2.45. The van der Waals surface area contributed by atoms with Crippen molar-refractivity contribution in [2.45, 2.75) is 24.4 Å². The molecule has 3 heterocycles. The number of cyclic esters (lactones) is 1. The number of ether oxygens (including phenoxy) is 4. The minimum atomic E-state index is -0.587. The summed E-state index contributed by atoms with van der Waals surface area (Å²) in [5.74, 6) is 1.15. The highest BCUT2D eigenvalue weighted by atomic mass is 16.7. The molecule has 0 radical (unpaired) electrons. The second kappa shape index (κ2) is 9.78. The molecule has 190 valence electrons. The fourth-order valence-corrected chi connectivity index (χ4v) is 5.59. The predicted molar refractivity (Wildman–Crippen MR) is 135 cm³/mol. The molecule has 3 aromatic carbocycles. The average Bonchev–Trinajstić information content (AvgIpc) is 3.67. The third-order valence-corrected chi connectivity index (χ3v) is 7.45. The van der Waals surface area contributed by atoms with Crippen LogP contribution in [-0.2, 0) is 16.0 Å². The van der Waals surface area contributed by atoms with Crippen LogP contribution in [0.5, 0.6) is 17.2 Å². The quantitative estimate of drug-likeness (QED) is 0.546. The van der Waals surface area contributed by atoms with E-state index in [-0.39, 0.29) is 37.3 Å². The number of carbonyl (C=O) groups excluding carboxylic acids is 2. The number of fused-ring (bicyclic) bond motifs is 1. The molecule has 2 amide bonds.